The molecule has 0 heterocycles. The Morgan fingerprint density at radius 1 is 1.26 bits per heavy atom. The quantitative estimate of drug-likeness (QED) is 0.534. The zero-order valence-corrected chi connectivity index (χ0v) is 13.5. The van der Waals surface area contributed by atoms with E-state index in [0.29, 0.717) is 4.99 Å². The number of hydrogen-bond acceptors (Lipinski definition) is 3. The highest BCUT2D eigenvalue weighted by Crippen LogP contribution is 2.20. The largest absolute Gasteiger partial charge is 0.389 e. The van der Waals surface area contributed by atoms with Crippen LogP contribution in [0.1, 0.15) is 36.8 Å². The highest BCUT2D eigenvalue weighted by molar-refractivity contribution is 7.98. The number of unbranched alkanes of at least 4 members (excludes halogenated alkanes) is 3. The van der Waals surface area contributed by atoms with Crippen molar-refractivity contribution < 1.29 is 0 Å². The summed E-state index contributed by atoms with van der Waals surface area (Å²) in [6.45, 7) is 3.07. The van der Waals surface area contributed by atoms with Crippen LogP contribution in [0.4, 0.5) is 5.69 Å². The molecule has 0 saturated carbocycles. The first kappa shape index (κ1) is 16.3. The number of thiocarbonyl (C=S) groups is 1. The molecule has 1 rings (SSSR count). The first-order valence-electron chi connectivity index (χ1n) is 6.79. The lowest BCUT2D eigenvalue weighted by molar-refractivity contribution is 0.689. The molecular formula is C15H24N2S2. The summed E-state index contributed by atoms with van der Waals surface area (Å²) in [5.41, 5.74) is 9.01. The lowest BCUT2D eigenvalue weighted by Gasteiger charge is -2.14. The van der Waals surface area contributed by atoms with Gasteiger partial charge in [0.15, 0.2) is 0 Å². The fourth-order valence-electron chi connectivity index (χ4n) is 2.05. The van der Waals surface area contributed by atoms with E-state index in [9.17, 15) is 0 Å². The Kier molecular flexibility index (Phi) is 7.91. The average Bonchev–Trinajstić information content (AvgIpc) is 2.39. The maximum atomic E-state index is 5.76. The van der Waals surface area contributed by atoms with Gasteiger partial charge in [-0.1, -0.05) is 37.2 Å². The lowest BCUT2D eigenvalue weighted by Crippen LogP contribution is -2.14. The topological polar surface area (TPSA) is 38.0 Å². The summed E-state index contributed by atoms with van der Waals surface area (Å²) in [5, 5.41) is 3.48. The number of para-hydroxylation sites is 1. The molecule has 106 valence electrons. The second kappa shape index (κ2) is 9.21. The van der Waals surface area contributed by atoms with Gasteiger partial charge < -0.3 is 11.1 Å². The van der Waals surface area contributed by atoms with Gasteiger partial charge in [0.1, 0.15) is 4.99 Å². The average molecular weight is 297 g/mol. The predicted octanol–water partition coefficient (Wildman–Crippen LogP) is 3.96. The van der Waals surface area contributed by atoms with E-state index in [4.69, 9.17) is 18.0 Å². The number of benzene rings is 1. The van der Waals surface area contributed by atoms with E-state index in [0.717, 1.165) is 17.8 Å². The zero-order chi connectivity index (χ0) is 14.1. The molecule has 0 aromatic heterocycles. The van der Waals surface area contributed by atoms with Crippen LogP contribution in [0, 0.1) is 6.92 Å². The maximum absolute atomic E-state index is 5.76. The number of nitrogens with two attached hydrogens (primary N) is 1. The van der Waals surface area contributed by atoms with E-state index in [-0.39, 0.29) is 0 Å². The van der Waals surface area contributed by atoms with Crippen molar-refractivity contribution in [1.29, 1.82) is 0 Å². The standard InChI is InChI=1S/C15H24N2S2/c1-12-8-7-9-13(15(16)18)14(12)17-10-5-3-4-6-11-19-2/h7-9,17H,3-6,10-11H2,1-2H3,(H2,16,18). The van der Waals surface area contributed by atoms with E-state index < -0.39 is 0 Å². The summed E-state index contributed by atoms with van der Waals surface area (Å²) < 4.78 is 0. The Morgan fingerprint density at radius 3 is 2.68 bits per heavy atom. The molecule has 0 fully saturated rings. The van der Waals surface area contributed by atoms with Crippen molar-refractivity contribution in [1.82, 2.24) is 0 Å². The molecule has 0 radical (unpaired) electrons. The van der Waals surface area contributed by atoms with E-state index in [1.807, 2.05) is 23.9 Å². The van der Waals surface area contributed by atoms with Gasteiger partial charge in [0.2, 0.25) is 0 Å². The van der Waals surface area contributed by atoms with E-state index in [1.165, 1.54) is 37.0 Å². The summed E-state index contributed by atoms with van der Waals surface area (Å²) in [4.78, 5) is 0.464. The van der Waals surface area contributed by atoms with E-state index in [2.05, 4.69) is 24.6 Å². The van der Waals surface area contributed by atoms with Crippen LogP contribution in [-0.4, -0.2) is 23.5 Å². The van der Waals surface area contributed by atoms with Gasteiger partial charge in [0.05, 0.1) is 0 Å². The molecule has 0 aliphatic rings. The second-order valence-corrected chi connectivity index (χ2v) is 6.12. The van der Waals surface area contributed by atoms with Crippen molar-refractivity contribution in [2.75, 3.05) is 23.9 Å². The van der Waals surface area contributed by atoms with Crippen LogP contribution in [0.25, 0.3) is 0 Å². The summed E-state index contributed by atoms with van der Waals surface area (Å²) >= 11 is 7.02. The number of thioether (sulfide) groups is 1. The first-order valence-corrected chi connectivity index (χ1v) is 8.59. The van der Waals surface area contributed by atoms with Crippen LogP contribution < -0.4 is 11.1 Å². The fourth-order valence-corrected chi connectivity index (χ4v) is 2.71. The minimum Gasteiger partial charge on any atom is -0.389 e. The molecule has 0 saturated heterocycles. The summed E-state index contributed by atoms with van der Waals surface area (Å²) in [6.07, 6.45) is 7.28. The number of anilines is 1. The molecule has 3 N–H and O–H groups in total. The second-order valence-electron chi connectivity index (χ2n) is 4.70. The fraction of sp³-hybridized carbons (Fsp3) is 0.533. The molecule has 0 amide bonds. The normalized spacial score (nSPS) is 10.4. The van der Waals surface area contributed by atoms with Gasteiger partial charge in [-0.3, -0.25) is 0 Å². The van der Waals surface area contributed by atoms with Gasteiger partial charge in [-0.25, -0.2) is 0 Å². The molecule has 0 bridgehead atoms. The predicted molar refractivity (Wildman–Crippen MR) is 92.4 cm³/mol. The molecule has 2 nitrogen and oxygen atoms in total. The molecule has 1 aromatic rings. The number of rotatable bonds is 9. The van der Waals surface area contributed by atoms with Gasteiger partial charge in [-0.05, 0) is 43.4 Å². The smallest absolute Gasteiger partial charge is 0.106 e. The molecule has 1 aromatic carbocycles. The molecule has 0 aliphatic carbocycles. The van der Waals surface area contributed by atoms with Gasteiger partial charge in [-0.2, -0.15) is 11.8 Å². The van der Waals surface area contributed by atoms with Crippen molar-refractivity contribution in [3.63, 3.8) is 0 Å². The molecule has 0 unspecified atom stereocenters. The monoisotopic (exact) mass is 296 g/mol. The molecule has 4 heteroatoms. The zero-order valence-electron chi connectivity index (χ0n) is 11.9. The third kappa shape index (κ3) is 5.83. The number of nitrogens with one attached hydrogen (secondary N) is 1. The van der Waals surface area contributed by atoms with Gasteiger partial charge in [-0.15, -0.1) is 0 Å². The van der Waals surface area contributed by atoms with E-state index >= 15 is 0 Å². The van der Waals surface area contributed by atoms with Gasteiger partial charge >= 0.3 is 0 Å². The summed E-state index contributed by atoms with van der Waals surface area (Å²) in [5.74, 6) is 1.27. The highest BCUT2D eigenvalue weighted by Gasteiger charge is 2.06. The molecule has 0 atom stereocenters. The van der Waals surface area contributed by atoms with Crippen LogP contribution in [0.2, 0.25) is 0 Å². The van der Waals surface area contributed by atoms with Crippen molar-refractivity contribution in [2.45, 2.75) is 32.6 Å². The van der Waals surface area contributed by atoms with Crippen molar-refractivity contribution in [3.8, 4) is 0 Å². The highest BCUT2D eigenvalue weighted by atomic mass is 32.2. The Hall–Kier alpha value is -0.740. The van der Waals surface area contributed by atoms with Gasteiger partial charge in [0.25, 0.3) is 0 Å². The van der Waals surface area contributed by atoms with Crippen molar-refractivity contribution >= 4 is 34.7 Å². The third-order valence-corrected chi connectivity index (χ3v) is 4.03. The Bertz CT molecular complexity index is 405. The summed E-state index contributed by atoms with van der Waals surface area (Å²) in [6, 6.07) is 6.07. The van der Waals surface area contributed by atoms with Crippen LogP contribution in [-0.2, 0) is 0 Å². The Balaban J connectivity index is 2.38. The third-order valence-electron chi connectivity index (χ3n) is 3.12. The van der Waals surface area contributed by atoms with Crippen molar-refractivity contribution in [3.05, 3.63) is 29.3 Å². The van der Waals surface area contributed by atoms with E-state index in [1.54, 1.807) is 0 Å². The number of hydrogen-bond donors (Lipinski definition) is 2. The van der Waals surface area contributed by atoms with Crippen LogP contribution >= 0.6 is 24.0 Å². The lowest BCUT2D eigenvalue weighted by atomic mass is 10.1. The molecule has 19 heavy (non-hydrogen) atoms. The van der Waals surface area contributed by atoms with Crippen molar-refractivity contribution in [2.24, 2.45) is 5.73 Å². The van der Waals surface area contributed by atoms with Gasteiger partial charge in [0, 0.05) is 17.8 Å². The van der Waals surface area contributed by atoms with Crippen LogP contribution in [0.5, 0.6) is 0 Å². The minimum atomic E-state index is 0.464. The summed E-state index contributed by atoms with van der Waals surface area (Å²) in [7, 11) is 0. The molecular weight excluding hydrogens is 272 g/mol. The first-order chi connectivity index (χ1) is 9.16. The number of aryl methyl sites for hydroxylation is 1. The molecule has 0 spiro atoms. The van der Waals surface area contributed by atoms with Crippen LogP contribution in [0.3, 0.4) is 0 Å². The SMILES string of the molecule is CSCCCCCCNc1c(C)cccc1C(N)=S. The maximum Gasteiger partial charge on any atom is 0.106 e. The molecule has 0 aliphatic heterocycles. The Morgan fingerprint density at radius 2 is 2.00 bits per heavy atom. The van der Waals surface area contributed by atoms with Crippen LogP contribution in [0.15, 0.2) is 18.2 Å². The Labute approximate surface area is 126 Å². The minimum absolute atomic E-state index is 0.464.